The van der Waals surface area contributed by atoms with Crippen molar-refractivity contribution in [1.82, 2.24) is 14.9 Å². The lowest BCUT2D eigenvalue weighted by molar-refractivity contribution is 0.0746. The summed E-state index contributed by atoms with van der Waals surface area (Å²) in [7, 11) is 0. The molecule has 1 amide bonds. The fourth-order valence-electron chi connectivity index (χ4n) is 3.06. The van der Waals surface area contributed by atoms with Gasteiger partial charge in [0.2, 0.25) is 5.95 Å². The molecule has 4 rings (SSSR count). The van der Waals surface area contributed by atoms with Crippen molar-refractivity contribution in [2.75, 3.05) is 31.2 Å². The van der Waals surface area contributed by atoms with E-state index in [9.17, 15) is 9.18 Å². The normalized spacial score (nSPS) is 16.9. The standard InChI is InChI=1S/C17H16ClFN4O2/c18-12-2-1-3-13(19)15(12)16(24)23-9-11-8-20-17(21-14(11)10-23)22-4-6-25-7-5-22/h1-3,8H,4-7,9-10H2. The molecule has 6 nitrogen and oxygen atoms in total. The lowest BCUT2D eigenvalue weighted by Crippen LogP contribution is -2.37. The summed E-state index contributed by atoms with van der Waals surface area (Å²) in [4.78, 5) is 25.2. The van der Waals surface area contributed by atoms with E-state index in [0.29, 0.717) is 32.3 Å². The molecule has 3 heterocycles. The summed E-state index contributed by atoms with van der Waals surface area (Å²) < 4.78 is 19.3. The van der Waals surface area contributed by atoms with Crippen LogP contribution in [0.15, 0.2) is 24.4 Å². The Morgan fingerprint density at radius 3 is 2.80 bits per heavy atom. The molecular formula is C17H16ClFN4O2. The second-order valence-corrected chi connectivity index (χ2v) is 6.41. The maximum atomic E-state index is 14.0. The third kappa shape index (κ3) is 3.05. The van der Waals surface area contributed by atoms with Crippen molar-refractivity contribution in [3.8, 4) is 0 Å². The molecule has 0 saturated carbocycles. The second kappa shape index (κ2) is 6.57. The van der Waals surface area contributed by atoms with Crippen molar-refractivity contribution < 1.29 is 13.9 Å². The summed E-state index contributed by atoms with van der Waals surface area (Å²) >= 11 is 6.01. The number of rotatable bonds is 2. The molecule has 25 heavy (non-hydrogen) atoms. The Labute approximate surface area is 149 Å². The Kier molecular flexibility index (Phi) is 4.27. The average molecular weight is 363 g/mol. The molecule has 130 valence electrons. The van der Waals surface area contributed by atoms with E-state index in [2.05, 4.69) is 14.9 Å². The van der Waals surface area contributed by atoms with Crippen LogP contribution in [0.25, 0.3) is 0 Å². The number of anilines is 1. The number of carbonyl (C=O) groups is 1. The van der Waals surface area contributed by atoms with Crippen LogP contribution in [0.4, 0.5) is 10.3 Å². The molecule has 2 aromatic rings. The van der Waals surface area contributed by atoms with Gasteiger partial charge in [-0.05, 0) is 12.1 Å². The van der Waals surface area contributed by atoms with Crippen molar-refractivity contribution >= 4 is 23.5 Å². The van der Waals surface area contributed by atoms with Crippen LogP contribution in [0.5, 0.6) is 0 Å². The van der Waals surface area contributed by atoms with E-state index in [0.717, 1.165) is 24.3 Å². The van der Waals surface area contributed by atoms with Gasteiger partial charge < -0.3 is 14.5 Å². The van der Waals surface area contributed by atoms with Gasteiger partial charge in [-0.2, -0.15) is 0 Å². The molecule has 1 aromatic heterocycles. The molecule has 0 N–H and O–H groups in total. The van der Waals surface area contributed by atoms with Crippen LogP contribution in [-0.4, -0.2) is 47.1 Å². The number of aromatic nitrogens is 2. The van der Waals surface area contributed by atoms with E-state index in [4.69, 9.17) is 16.3 Å². The molecular weight excluding hydrogens is 347 g/mol. The van der Waals surface area contributed by atoms with Crippen LogP contribution in [0.3, 0.4) is 0 Å². The van der Waals surface area contributed by atoms with E-state index >= 15 is 0 Å². The third-order valence-corrected chi connectivity index (χ3v) is 4.72. The maximum absolute atomic E-state index is 14.0. The van der Waals surface area contributed by atoms with Gasteiger partial charge in [-0.1, -0.05) is 17.7 Å². The van der Waals surface area contributed by atoms with Gasteiger partial charge in [0, 0.05) is 31.4 Å². The highest BCUT2D eigenvalue weighted by molar-refractivity contribution is 6.33. The molecule has 2 aliphatic heterocycles. The molecule has 1 aromatic carbocycles. The van der Waals surface area contributed by atoms with Gasteiger partial charge >= 0.3 is 0 Å². The second-order valence-electron chi connectivity index (χ2n) is 6.00. The summed E-state index contributed by atoms with van der Waals surface area (Å²) in [6.45, 7) is 3.45. The highest BCUT2D eigenvalue weighted by Crippen LogP contribution is 2.27. The van der Waals surface area contributed by atoms with Crippen LogP contribution in [-0.2, 0) is 17.8 Å². The number of halogens is 2. The highest BCUT2D eigenvalue weighted by atomic mass is 35.5. The number of benzene rings is 1. The first kappa shape index (κ1) is 16.2. The Morgan fingerprint density at radius 2 is 2.04 bits per heavy atom. The van der Waals surface area contributed by atoms with Gasteiger partial charge in [0.1, 0.15) is 5.82 Å². The van der Waals surface area contributed by atoms with E-state index in [-0.39, 0.29) is 10.6 Å². The molecule has 2 aliphatic rings. The minimum absolute atomic E-state index is 0.0988. The molecule has 8 heteroatoms. The summed E-state index contributed by atoms with van der Waals surface area (Å²) in [5.74, 6) is -0.414. The molecule has 0 radical (unpaired) electrons. The lowest BCUT2D eigenvalue weighted by Gasteiger charge is -2.26. The first-order chi connectivity index (χ1) is 12.1. The minimum Gasteiger partial charge on any atom is -0.378 e. The number of fused-ring (bicyclic) bond motifs is 1. The predicted octanol–water partition coefficient (Wildman–Crippen LogP) is 2.26. The first-order valence-corrected chi connectivity index (χ1v) is 8.42. The fraction of sp³-hybridized carbons (Fsp3) is 0.353. The van der Waals surface area contributed by atoms with Gasteiger partial charge in [0.05, 0.1) is 36.0 Å². The maximum Gasteiger partial charge on any atom is 0.259 e. The molecule has 0 bridgehead atoms. The monoisotopic (exact) mass is 362 g/mol. The van der Waals surface area contributed by atoms with Crippen molar-refractivity contribution in [1.29, 1.82) is 0 Å². The zero-order valence-corrected chi connectivity index (χ0v) is 14.2. The van der Waals surface area contributed by atoms with E-state index in [1.165, 1.54) is 23.1 Å². The van der Waals surface area contributed by atoms with Gasteiger partial charge in [-0.3, -0.25) is 4.79 Å². The van der Waals surface area contributed by atoms with E-state index < -0.39 is 11.7 Å². The zero-order chi connectivity index (χ0) is 17.4. The van der Waals surface area contributed by atoms with Crippen molar-refractivity contribution in [2.45, 2.75) is 13.1 Å². The highest BCUT2D eigenvalue weighted by Gasteiger charge is 2.29. The van der Waals surface area contributed by atoms with Gasteiger partial charge in [-0.25, -0.2) is 14.4 Å². The molecule has 0 atom stereocenters. The van der Waals surface area contributed by atoms with E-state index in [1.54, 1.807) is 6.20 Å². The van der Waals surface area contributed by atoms with Gasteiger partial charge in [0.25, 0.3) is 5.91 Å². The Morgan fingerprint density at radius 1 is 1.24 bits per heavy atom. The number of hydrogen-bond donors (Lipinski definition) is 0. The summed E-state index contributed by atoms with van der Waals surface area (Å²) in [6, 6.07) is 4.23. The fourth-order valence-corrected chi connectivity index (χ4v) is 3.31. The number of ether oxygens (including phenoxy) is 1. The largest absolute Gasteiger partial charge is 0.378 e. The van der Waals surface area contributed by atoms with Gasteiger partial charge in [0.15, 0.2) is 0 Å². The molecule has 0 spiro atoms. The number of amides is 1. The first-order valence-electron chi connectivity index (χ1n) is 8.04. The lowest BCUT2D eigenvalue weighted by atomic mass is 10.2. The average Bonchev–Trinajstić information content (AvgIpc) is 3.05. The summed E-state index contributed by atoms with van der Waals surface area (Å²) in [5.41, 5.74) is 1.56. The topological polar surface area (TPSA) is 58.6 Å². The number of nitrogens with zero attached hydrogens (tertiary/aromatic N) is 4. The third-order valence-electron chi connectivity index (χ3n) is 4.40. The van der Waals surface area contributed by atoms with Crippen LogP contribution in [0.1, 0.15) is 21.6 Å². The molecule has 1 fully saturated rings. The Balaban J connectivity index is 1.56. The van der Waals surface area contributed by atoms with E-state index in [1.807, 2.05) is 0 Å². The Bertz CT molecular complexity index is 806. The number of morpholine rings is 1. The Hall–Kier alpha value is -2.25. The summed E-state index contributed by atoms with van der Waals surface area (Å²) in [6.07, 6.45) is 1.74. The SMILES string of the molecule is O=C(c1c(F)cccc1Cl)N1Cc2cnc(N3CCOCC3)nc2C1. The summed E-state index contributed by atoms with van der Waals surface area (Å²) in [5, 5.41) is 0.112. The number of hydrogen-bond acceptors (Lipinski definition) is 5. The molecule has 1 saturated heterocycles. The predicted molar refractivity (Wildman–Crippen MR) is 90.1 cm³/mol. The van der Waals surface area contributed by atoms with Crippen LogP contribution < -0.4 is 4.90 Å². The minimum atomic E-state index is -0.617. The van der Waals surface area contributed by atoms with Crippen molar-refractivity contribution in [2.24, 2.45) is 0 Å². The molecule has 0 aliphatic carbocycles. The van der Waals surface area contributed by atoms with Gasteiger partial charge in [-0.15, -0.1) is 0 Å². The van der Waals surface area contributed by atoms with Crippen molar-refractivity contribution in [3.05, 3.63) is 52.1 Å². The zero-order valence-electron chi connectivity index (χ0n) is 13.4. The van der Waals surface area contributed by atoms with Crippen LogP contribution >= 0.6 is 11.6 Å². The molecule has 0 unspecified atom stereocenters. The van der Waals surface area contributed by atoms with Crippen molar-refractivity contribution in [3.63, 3.8) is 0 Å². The smallest absolute Gasteiger partial charge is 0.259 e. The van der Waals surface area contributed by atoms with Crippen LogP contribution in [0, 0.1) is 5.82 Å². The quantitative estimate of drug-likeness (QED) is 0.820. The van der Waals surface area contributed by atoms with Crippen LogP contribution in [0.2, 0.25) is 5.02 Å². The number of carbonyl (C=O) groups excluding carboxylic acids is 1.